The number of piperidine rings is 1. The molecule has 0 aromatic heterocycles. The van der Waals surface area contributed by atoms with Crippen LogP contribution in [-0.4, -0.2) is 43.2 Å². The fraction of sp³-hybridized carbons (Fsp3) is 0.938. The topological polar surface area (TPSA) is 44.4 Å². The third-order valence-corrected chi connectivity index (χ3v) is 4.53. The molecule has 3 unspecified atom stereocenters. The van der Waals surface area contributed by atoms with E-state index in [0.29, 0.717) is 5.92 Å². The molecule has 118 valence electrons. The van der Waals surface area contributed by atoms with Crippen molar-refractivity contribution < 1.29 is 4.79 Å². The molecule has 0 radical (unpaired) electrons. The summed E-state index contributed by atoms with van der Waals surface area (Å²) in [5.41, 5.74) is 0. The summed E-state index contributed by atoms with van der Waals surface area (Å²) in [6.07, 6.45) is 4.82. The Kier molecular flexibility index (Phi) is 7.97. The van der Waals surface area contributed by atoms with Crippen LogP contribution in [0.5, 0.6) is 0 Å². The highest BCUT2D eigenvalue weighted by Crippen LogP contribution is 2.15. The number of likely N-dealkylation sites (tertiary alicyclic amines) is 1. The average molecular weight is 283 g/mol. The first kappa shape index (κ1) is 17.3. The van der Waals surface area contributed by atoms with E-state index in [-0.39, 0.29) is 12.1 Å². The molecule has 0 bridgehead atoms. The summed E-state index contributed by atoms with van der Waals surface area (Å²) in [6, 6.07) is 0.216. The van der Waals surface area contributed by atoms with Crippen molar-refractivity contribution in [1.29, 1.82) is 0 Å². The number of carbonyl (C=O) groups is 1. The molecule has 20 heavy (non-hydrogen) atoms. The van der Waals surface area contributed by atoms with E-state index in [1.165, 1.54) is 25.9 Å². The van der Waals surface area contributed by atoms with Crippen LogP contribution in [0.15, 0.2) is 0 Å². The zero-order valence-corrected chi connectivity index (χ0v) is 13.7. The van der Waals surface area contributed by atoms with Crippen molar-refractivity contribution in [2.75, 3.05) is 26.2 Å². The smallest absolute Gasteiger partial charge is 0.315 e. The van der Waals surface area contributed by atoms with E-state index >= 15 is 0 Å². The third kappa shape index (κ3) is 6.60. The van der Waals surface area contributed by atoms with Gasteiger partial charge in [0.05, 0.1) is 0 Å². The second-order valence-corrected chi connectivity index (χ2v) is 6.48. The molecule has 1 fully saturated rings. The van der Waals surface area contributed by atoms with Crippen molar-refractivity contribution in [3.05, 3.63) is 0 Å². The Hall–Kier alpha value is -0.770. The minimum absolute atomic E-state index is 0.0233. The van der Waals surface area contributed by atoms with Crippen LogP contribution in [0.25, 0.3) is 0 Å². The Morgan fingerprint density at radius 2 is 2.15 bits per heavy atom. The van der Waals surface area contributed by atoms with Crippen molar-refractivity contribution in [3.8, 4) is 0 Å². The lowest BCUT2D eigenvalue weighted by Crippen LogP contribution is -2.44. The van der Waals surface area contributed by atoms with Gasteiger partial charge >= 0.3 is 6.03 Å². The van der Waals surface area contributed by atoms with Crippen LogP contribution in [0.1, 0.15) is 53.4 Å². The lowest BCUT2D eigenvalue weighted by molar-refractivity contribution is 0.181. The van der Waals surface area contributed by atoms with Gasteiger partial charge in [0.2, 0.25) is 0 Å². The van der Waals surface area contributed by atoms with Gasteiger partial charge in [0.15, 0.2) is 0 Å². The Labute approximate surface area is 124 Å². The predicted molar refractivity (Wildman–Crippen MR) is 84.9 cm³/mol. The minimum atomic E-state index is -0.0233. The number of amides is 2. The van der Waals surface area contributed by atoms with Crippen LogP contribution < -0.4 is 10.6 Å². The number of rotatable bonds is 7. The zero-order chi connectivity index (χ0) is 15.0. The van der Waals surface area contributed by atoms with Gasteiger partial charge in [-0.2, -0.15) is 0 Å². The lowest BCUT2D eigenvalue weighted by Gasteiger charge is -2.30. The van der Waals surface area contributed by atoms with Crippen molar-refractivity contribution in [1.82, 2.24) is 15.5 Å². The quantitative estimate of drug-likeness (QED) is 0.706. The first-order valence-electron chi connectivity index (χ1n) is 8.29. The molecule has 2 amide bonds. The Bertz CT molecular complexity index is 283. The van der Waals surface area contributed by atoms with E-state index in [1.54, 1.807) is 0 Å². The molecular weight excluding hydrogens is 250 g/mol. The van der Waals surface area contributed by atoms with Gasteiger partial charge in [0, 0.05) is 19.1 Å². The highest BCUT2D eigenvalue weighted by atomic mass is 16.2. The lowest BCUT2D eigenvalue weighted by atomic mass is 10.0. The highest BCUT2D eigenvalue weighted by Gasteiger charge is 2.16. The fourth-order valence-electron chi connectivity index (χ4n) is 2.75. The molecule has 1 aliphatic heterocycles. The van der Waals surface area contributed by atoms with Crippen LogP contribution in [-0.2, 0) is 0 Å². The predicted octanol–water partition coefficient (Wildman–Crippen LogP) is 2.84. The van der Waals surface area contributed by atoms with E-state index in [9.17, 15) is 4.79 Å². The van der Waals surface area contributed by atoms with Crippen molar-refractivity contribution >= 4 is 6.03 Å². The summed E-state index contributed by atoms with van der Waals surface area (Å²) >= 11 is 0. The van der Waals surface area contributed by atoms with Gasteiger partial charge < -0.3 is 15.5 Å². The first-order valence-corrected chi connectivity index (χ1v) is 8.29. The number of hydrogen-bond donors (Lipinski definition) is 2. The molecule has 2 N–H and O–H groups in total. The fourth-order valence-corrected chi connectivity index (χ4v) is 2.75. The van der Waals surface area contributed by atoms with Gasteiger partial charge in [-0.3, -0.25) is 0 Å². The third-order valence-electron chi connectivity index (χ3n) is 4.53. The van der Waals surface area contributed by atoms with Crippen LogP contribution in [0, 0.1) is 11.8 Å². The van der Waals surface area contributed by atoms with Crippen LogP contribution in [0.3, 0.4) is 0 Å². The molecule has 1 saturated heterocycles. The maximum atomic E-state index is 11.7. The van der Waals surface area contributed by atoms with Crippen molar-refractivity contribution in [3.63, 3.8) is 0 Å². The van der Waals surface area contributed by atoms with Gasteiger partial charge in [-0.1, -0.05) is 27.2 Å². The molecule has 1 aliphatic rings. The second-order valence-electron chi connectivity index (χ2n) is 6.48. The molecular formula is C16H33N3O. The number of hydrogen-bond acceptors (Lipinski definition) is 2. The average Bonchev–Trinajstić information content (AvgIpc) is 2.42. The highest BCUT2D eigenvalue weighted by molar-refractivity contribution is 5.74. The van der Waals surface area contributed by atoms with E-state index in [0.717, 1.165) is 31.8 Å². The maximum Gasteiger partial charge on any atom is 0.315 e. The monoisotopic (exact) mass is 283 g/mol. The summed E-state index contributed by atoms with van der Waals surface area (Å²) in [6.45, 7) is 13.0. The molecule has 3 atom stereocenters. The summed E-state index contributed by atoms with van der Waals surface area (Å²) in [7, 11) is 0. The SMILES string of the molecule is CCC(C)C(C)NC(=O)NCCCN1CCCC(C)C1. The number of carbonyl (C=O) groups excluding carboxylic acids is 1. The molecule has 0 aromatic carbocycles. The van der Waals surface area contributed by atoms with E-state index in [2.05, 4.69) is 43.2 Å². The van der Waals surface area contributed by atoms with E-state index in [4.69, 9.17) is 0 Å². The second kappa shape index (κ2) is 9.22. The van der Waals surface area contributed by atoms with Gasteiger partial charge in [0.1, 0.15) is 0 Å². The number of nitrogens with zero attached hydrogens (tertiary/aromatic N) is 1. The molecule has 0 saturated carbocycles. The number of nitrogens with one attached hydrogen (secondary N) is 2. The molecule has 0 aromatic rings. The zero-order valence-electron chi connectivity index (χ0n) is 13.7. The van der Waals surface area contributed by atoms with Gasteiger partial charge in [-0.25, -0.2) is 4.79 Å². The van der Waals surface area contributed by atoms with Gasteiger partial charge in [-0.15, -0.1) is 0 Å². The normalized spacial score (nSPS) is 23.1. The summed E-state index contributed by atoms with van der Waals surface area (Å²) in [5, 5.41) is 5.98. The molecule has 0 spiro atoms. The van der Waals surface area contributed by atoms with Crippen LogP contribution >= 0.6 is 0 Å². The largest absolute Gasteiger partial charge is 0.338 e. The molecule has 1 rings (SSSR count). The standard InChI is InChI=1S/C16H33N3O/c1-5-14(3)15(4)18-16(20)17-9-7-11-19-10-6-8-13(2)12-19/h13-15H,5-12H2,1-4H3,(H2,17,18,20). The molecule has 4 nitrogen and oxygen atoms in total. The van der Waals surface area contributed by atoms with Crippen LogP contribution in [0.2, 0.25) is 0 Å². The number of urea groups is 1. The van der Waals surface area contributed by atoms with Gasteiger partial charge in [-0.05, 0) is 51.1 Å². The molecule has 1 heterocycles. The molecule has 4 heteroatoms. The first-order chi connectivity index (χ1) is 9.52. The Balaban J connectivity index is 2.07. The summed E-state index contributed by atoms with van der Waals surface area (Å²) < 4.78 is 0. The Morgan fingerprint density at radius 1 is 1.40 bits per heavy atom. The Morgan fingerprint density at radius 3 is 2.80 bits per heavy atom. The summed E-state index contributed by atoms with van der Waals surface area (Å²) in [5.74, 6) is 1.35. The van der Waals surface area contributed by atoms with E-state index < -0.39 is 0 Å². The minimum Gasteiger partial charge on any atom is -0.338 e. The summed E-state index contributed by atoms with van der Waals surface area (Å²) in [4.78, 5) is 14.3. The van der Waals surface area contributed by atoms with E-state index in [1.807, 2.05) is 0 Å². The van der Waals surface area contributed by atoms with Crippen molar-refractivity contribution in [2.24, 2.45) is 11.8 Å². The van der Waals surface area contributed by atoms with Gasteiger partial charge in [0.25, 0.3) is 0 Å². The maximum absolute atomic E-state index is 11.7. The van der Waals surface area contributed by atoms with Crippen LogP contribution in [0.4, 0.5) is 4.79 Å². The van der Waals surface area contributed by atoms with Crippen molar-refractivity contribution in [2.45, 2.75) is 59.4 Å². The molecule has 0 aliphatic carbocycles.